The summed E-state index contributed by atoms with van der Waals surface area (Å²) in [5.41, 5.74) is 1.33. The molecule has 0 rings (SSSR count). The Morgan fingerprint density at radius 1 is 1.64 bits per heavy atom. The lowest BCUT2D eigenvalue weighted by molar-refractivity contribution is -0.127. The first-order chi connectivity index (χ1) is 5.09. The second-order valence-corrected chi connectivity index (χ2v) is 3.23. The van der Waals surface area contributed by atoms with Gasteiger partial charge in [-0.2, -0.15) is 0 Å². The number of hydrogen-bond acceptors (Lipinski definition) is 1. The Balaban J connectivity index is 3.83. The van der Waals surface area contributed by atoms with Crippen molar-refractivity contribution in [3.63, 3.8) is 0 Å². The highest BCUT2D eigenvalue weighted by Crippen LogP contribution is 2.05. The summed E-state index contributed by atoms with van der Waals surface area (Å²) in [5, 5.41) is 0. The second kappa shape index (κ2) is 5.70. The van der Waals surface area contributed by atoms with Crippen LogP contribution in [0.1, 0.15) is 0 Å². The Morgan fingerprint density at radius 3 is 2.55 bits per heavy atom. The van der Waals surface area contributed by atoms with E-state index in [1.54, 1.807) is 13.1 Å². The molecule has 0 radical (unpaired) electrons. The summed E-state index contributed by atoms with van der Waals surface area (Å²) in [6.45, 7) is 0.415. The zero-order chi connectivity index (χ0) is 8.85. The van der Waals surface area contributed by atoms with Crippen LogP contribution in [0.15, 0.2) is 11.6 Å². The molecule has 2 nitrogen and oxygen atoms in total. The Hall–Kier alpha value is 0.0800. The van der Waals surface area contributed by atoms with Crippen molar-refractivity contribution in [1.29, 1.82) is 0 Å². The van der Waals surface area contributed by atoms with Crippen molar-refractivity contribution in [3.8, 4) is 0 Å². The maximum Gasteiger partial charge on any atom is 0.255 e. The largest absolute Gasteiger partial charge is 0.340 e. The standard InChI is InChI=1S/C6H8Cl3NO/c1-10(4-2-3-7)6(11)5(8)9/h2-3,5H,4H2,1H3/b3-2+. The molecule has 0 aromatic heterocycles. The smallest absolute Gasteiger partial charge is 0.255 e. The van der Waals surface area contributed by atoms with Gasteiger partial charge in [-0.1, -0.05) is 40.9 Å². The third-order valence-corrected chi connectivity index (χ3v) is 1.58. The van der Waals surface area contributed by atoms with Crippen LogP contribution in [-0.4, -0.2) is 29.2 Å². The van der Waals surface area contributed by atoms with E-state index < -0.39 is 4.84 Å². The maximum atomic E-state index is 10.9. The van der Waals surface area contributed by atoms with Crippen molar-refractivity contribution < 1.29 is 4.79 Å². The maximum absolute atomic E-state index is 10.9. The van der Waals surface area contributed by atoms with Crippen LogP contribution in [0.5, 0.6) is 0 Å². The molecule has 0 saturated heterocycles. The van der Waals surface area contributed by atoms with Gasteiger partial charge in [-0.3, -0.25) is 4.79 Å². The van der Waals surface area contributed by atoms with E-state index in [4.69, 9.17) is 34.8 Å². The first-order valence-electron chi connectivity index (χ1n) is 2.88. The Bertz CT molecular complexity index is 158. The first-order valence-corrected chi connectivity index (χ1v) is 4.19. The zero-order valence-corrected chi connectivity index (χ0v) is 8.20. The first kappa shape index (κ1) is 11.1. The van der Waals surface area contributed by atoms with Crippen molar-refractivity contribution in [1.82, 2.24) is 4.90 Å². The van der Waals surface area contributed by atoms with E-state index in [0.29, 0.717) is 6.54 Å². The van der Waals surface area contributed by atoms with E-state index >= 15 is 0 Å². The third kappa shape index (κ3) is 4.51. The van der Waals surface area contributed by atoms with Crippen molar-refractivity contribution >= 4 is 40.7 Å². The lowest BCUT2D eigenvalue weighted by Crippen LogP contribution is -2.31. The van der Waals surface area contributed by atoms with Crippen LogP contribution in [0.2, 0.25) is 0 Å². The number of rotatable bonds is 3. The zero-order valence-electron chi connectivity index (χ0n) is 5.93. The number of carbonyl (C=O) groups is 1. The summed E-state index contributed by atoms with van der Waals surface area (Å²) < 4.78 is 0. The molecule has 0 aliphatic carbocycles. The molecular weight excluding hydrogens is 208 g/mol. The van der Waals surface area contributed by atoms with Crippen molar-refractivity contribution in [2.75, 3.05) is 13.6 Å². The van der Waals surface area contributed by atoms with Gasteiger partial charge in [0.25, 0.3) is 5.91 Å². The molecule has 0 aromatic rings. The highest BCUT2D eigenvalue weighted by atomic mass is 35.5. The molecule has 0 atom stereocenters. The van der Waals surface area contributed by atoms with E-state index in [9.17, 15) is 4.79 Å². The quantitative estimate of drug-likeness (QED) is 0.661. The molecular formula is C6H8Cl3NO. The summed E-state index contributed by atoms with van der Waals surface area (Å²) in [5.74, 6) is -0.330. The minimum Gasteiger partial charge on any atom is -0.340 e. The molecule has 11 heavy (non-hydrogen) atoms. The molecule has 64 valence electrons. The van der Waals surface area contributed by atoms with Crippen LogP contribution in [0.3, 0.4) is 0 Å². The van der Waals surface area contributed by atoms with Crippen LogP contribution in [0.25, 0.3) is 0 Å². The van der Waals surface area contributed by atoms with E-state index in [1.807, 2.05) is 0 Å². The Kier molecular flexibility index (Phi) is 5.74. The molecule has 0 unspecified atom stereocenters. The van der Waals surface area contributed by atoms with Crippen LogP contribution in [0.4, 0.5) is 0 Å². The molecule has 0 N–H and O–H groups in total. The van der Waals surface area contributed by atoms with E-state index in [-0.39, 0.29) is 5.91 Å². The van der Waals surface area contributed by atoms with Gasteiger partial charge in [0, 0.05) is 19.1 Å². The average Bonchev–Trinajstić information content (AvgIpc) is 1.98. The second-order valence-electron chi connectivity index (χ2n) is 1.88. The van der Waals surface area contributed by atoms with E-state index in [1.165, 1.54) is 10.4 Å². The van der Waals surface area contributed by atoms with Crippen LogP contribution in [0, 0.1) is 0 Å². The number of nitrogens with zero attached hydrogens (tertiary/aromatic N) is 1. The summed E-state index contributed by atoms with van der Waals surface area (Å²) in [6.07, 6.45) is 1.62. The van der Waals surface area contributed by atoms with E-state index in [0.717, 1.165) is 0 Å². The molecule has 0 bridgehead atoms. The molecule has 0 spiro atoms. The monoisotopic (exact) mass is 215 g/mol. The van der Waals surface area contributed by atoms with Crippen LogP contribution >= 0.6 is 34.8 Å². The molecule has 0 aliphatic heterocycles. The van der Waals surface area contributed by atoms with Gasteiger partial charge < -0.3 is 4.90 Å². The molecule has 0 saturated carbocycles. The summed E-state index contributed by atoms with van der Waals surface area (Å²) >= 11 is 15.9. The van der Waals surface area contributed by atoms with Crippen molar-refractivity contribution in [2.24, 2.45) is 0 Å². The molecule has 5 heteroatoms. The number of alkyl halides is 2. The van der Waals surface area contributed by atoms with Crippen LogP contribution < -0.4 is 0 Å². The summed E-state index contributed by atoms with van der Waals surface area (Å²) in [7, 11) is 1.59. The van der Waals surface area contributed by atoms with Gasteiger partial charge >= 0.3 is 0 Å². The normalized spacial score (nSPS) is 11.0. The Labute approximate surface area is 80.7 Å². The van der Waals surface area contributed by atoms with Gasteiger partial charge in [-0.25, -0.2) is 0 Å². The molecule has 0 heterocycles. The average molecular weight is 216 g/mol. The highest BCUT2D eigenvalue weighted by Gasteiger charge is 2.14. The fourth-order valence-electron chi connectivity index (χ4n) is 0.455. The van der Waals surface area contributed by atoms with Crippen molar-refractivity contribution in [3.05, 3.63) is 11.6 Å². The minimum atomic E-state index is -0.997. The van der Waals surface area contributed by atoms with Gasteiger partial charge in [0.05, 0.1) is 0 Å². The highest BCUT2D eigenvalue weighted by molar-refractivity contribution is 6.53. The van der Waals surface area contributed by atoms with E-state index in [2.05, 4.69) is 0 Å². The minimum absolute atomic E-state index is 0.330. The molecule has 1 amide bonds. The van der Waals surface area contributed by atoms with Gasteiger partial charge in [-0.05, 0) is 0 Å². The number of amides is 1. The van der Waals surface area contributed by atoms with Crippen LogP contribution in [-0.2, 0) is 4.79 Å². The summed E-state index contributed by atoms with van der Waals surface area (Å²) in [4.78, 5) is 11.3. The predicted molar refractivity (Wildman–Crippen MR) is 48.1 cm³/mol. The topological polar surface area (TPSA) is 20.3 Å². The molecule has 0 fully saturated rings. The number of carbonyl (C=O) groups excluding carboxylic acids is 1. The number of halogens is 3. The van der Waals surface area contributed by atoms with Crippen molar-refractivity contribution in [2.45, 2.75) is 4.84 Å². The molecule has 0 aliphatic rings. The fourth-order valence-corrected chi connectivity index (χ4v) is 0.867. The lowest BCUT2D eigenvalue weighted by Gasteiger charge is -2.14. The fraction of sp³-hybridized carbons (Fsp3) is 0.500. The van der Waals surface area contributed by atoms with Gasteiger partial charge in [0.15, 0.2) is 4.84 Å². The van der Waals surface area contributed by atoms with Gasteiger partial charge in [0.1, 0.15) is 0 Å². The number of hydrogen-bond donors (Lipinski definition) is 0. The summed E-state index contributed by atoms with van der Waals surface area (Å²) in [6, 6.07) is 0. The molecule has 0 aromatic carbocycles. The third-order valence-electron chi connectivity index (χ3n) is 1.03. The number of likely N-dealkylation sites (N-methyl/N-ethyl adjacent to an activating group) is 1. The Morgan fingerprint density at radius 2 is 2.18 bits per heavy atom. The van der Waals surface area contributed by atoms with Gasteiger partial charge in [0.2, 0.25) is 0 Å². The lowest BCUT2D eigenvalue weighted by atomic mass is 10.5. The predicted octanol–water partition coefficient (Wildman–Crippen LogP) is 2.00. The van der Waals surface area contributed by atoms with Gasteiger partial charge in [-0.15, -0.1) is 0 Å². The SMILES string of the molecule is CN(C/C=C/Cl)C(=O)C(Cl)Cl.